The number of hydrogen-bond acceptors (Lipinski definition) is 5. The van der Waals surface area contributed by atoms with E-state index >= 15 is 0 Å². The largest absolute Gasteiger partial charge is 0.288 e. The zero-order valence-electron chi connectivity index (χ0n) is 16.7. The molecule has 0 unspecified atom stereocenters. The number of aromatic nitrogens is 1. The monoisotopic (exact) mass is 446 g/mol. The van der Waals surface area contributed by atoms with Crippen LogP contribution in [0, 0.1) is 0 Å². The highest BCUT2D eigenvalue weighted by Crippen LogP contribution is 2.28. The SMILES string of the molecule is O=C(/C=C/c1ccc2c(c1)cc(C(=O)c1ccccc1)n2S(=O)(=O)c1ccccc1)NO. The summed E-state index contributed by atoms with van der Waals surface area (Å²) in [4.78, 5) is 24.6. The molecule has 0 fully saturated rings. The molecule has 4 rings (SSSR count). The highest BCUT2D eigenvalue weighted by atomic mass is 32.2. The van der Waals surface area contributed by atoms with Crippen LogP contribution in [0.4, 0.5) is 0 Å². The van der Waals surface area contributed by atoms with E-state index in [0.717, 1.165) is 10.0 Å². The van der Waals surface area contributed by atoms with Crippen molar-refractivity contribution in [2.24, 2.45) is 0 Å². The predicted molar refractivity (Wildman–Crippen MR) is 120 cm³/mol. The third-order valence-electron chi connectivity index (χ3n) is 4.87. The zero-order valence-corrected chi connectivity index (χ0v) is 17.5. The van der Waals surface area contributed by atoms with Gasteiger partial charge in [0.1, 0.15) is 5.69 Å². The third kappa shape index (κ3) is 3.96. The molecule has 0 aliphatic rings. The number of ketones is 1. The summed E-state index contributed by atoms with van der Waals surface area (Å²) in [7, 11) is -4.07. The minimum atomic E-state index is -4.07. The number of amides is 1. The van der Waals surface area contributed by atoms with Crippen LogP contribution in [-0.2, 0) is 14.8 Å². The van der Waals surface area contributed by atoms with Crippen LogP contribution in [0.25, 0.3) is 17.0 Å². The van der Waals surface area contributed by atoms with Gasteiger partial charge in [0.2, 0.25) is 5.78 Å². The number of carbonyl (C=O) groups is 2. The van der Waals surface area contributed by atoms with Crippen molar-refractivity contribution >= 4 is 38.7 Å². The van der Waals surface area contributed by atoms with Gasteiger partial charge >= 0.3 is 0 Å². The number of carbonyl (C=O) groups excluding carboxylic acids is 2. The van der Waals surface area contributed by atoms with Gasteiger partial charge in [-0.05, 0) is 42.0 Å². The van der Waals surface area contributed by atoms with Gasteiger partial charge in [0.15, 0.2) is 0 Å². The van der Waals surface area contributed by atoms with Crippen molar-refractivity contribution in [2.75, 3.05) is 0 Å². The van der Waals surface area contributed by atoms with E-state index in [4.69, 9.17) is 5.21 Å². The first-order chi connectivity index (χ1) is 15.4. The molecular formula is C24H18N2O5S. The van der Waals surface area contributed by atoms with E-state index in [2.05, 4.69) is 0 Å². The van der Waals surface area contributed by atoms with Crippen LogP contribution in [0.2, 0.25) is 0 Å². The lowest BCUT2D eigenvalue weighted by Crippen LogP contribution is -2.19. The Morgan fingerprint density at radius 2 is 1.53 bits per heavy atom. The van der Waals surface area contributed by atoms with E-state index in [9.17, 15) is 18.0 Å². The van der Waals surface area contributed by atoms with Gasteiger partial charge in [0.25, 0.3) is 15.9 Å². The van der Waals surface area contributed by atoms with E-state index in [0.29, 0.717) is 22.0 Å². The van der Waals surface area contributed by atoms with Crippen LogP contribution in [0.3, 0.4) is 0 Å². The van der Waals surface area contributed by atoms with Gasteiger partial charge in [0.05, 0.1) is 10.4 Å². The molecule has 160 valence electrons. The van der Waals surface area contributed by atoms with Gasteiger partial charge in [-0.1, -0.05) is 54.6 Å². The molecule has 3 aromatic carbocycles. The van der Waals surface area contributed by atoms with Crippen LogP contribution in [-0.4, -0.2) is 29.3 Å². The summed E-state index contributed by atoms with van der Waals surface area (Å²) in [5.74, 6) is -1.13. The van der Waals surface area contributed by atoms with Crippen molar-refractivity contribution < 1.29 is 23.2 Å². The first kappa shape index (κ1) is 21.2. The average Bonchev–Trinajstić information content (AvgIpc) is 3.22. The molecule has 0 aliphatic carbocycles. The van der Waals surface area contributed by atoms with E-state index in [1.165, 1.54) is 29.8 Å². The van der Waals surface area contributed by atoms with Crippen molar-refractivity contribution in [3.8, 4) is 0 Å². The maximum absolute atomic E-state index is 13.5. The van der Waals surface area contributed by atoms with Crippen LogP contribution < -0.4 is 5.48 Å². The molecule has 2 N–H and O–H groups in total. The maximum atomic E-state index is 13.5. The average molecular weight is 446 g/mol. The van der Waals surface area contributed by atoms with E-state index in [1.54, 1.807) is 66.7 Å². The zero-order chi connectivity index (χ0) is 22.7. The predicted octanol–water partition coefficient (Wildman–Crippen LogP) is 3.63. The molecular weight excluding hydrogens is 428 g/mol. The van der Waals surface area contributed by atoms with E-state index < -0.39 is 21.7 Å². The molecule has 0 saturated carbocycles. The minimum Gasteiger partial charge on any atom is -0.288 e. The molecule has 1 amide bonds. The van der Waals surface area contributed by atoms with Crippen LogP contribution >= 0.6 is 0 Å². The second-order valence-electron chi connectivity index (χ2n) is 6.93. The number of fused-ring (bicyclic) bond motifs is 1. The van der Waals surface area contributed by atoms with Crippen molar-refractivity contribution in [3.63, 3.8) is 0 Å². The number of hydroxylamine groups is 1. The maximum Gasteiger partial charge on any atom is 0.268 e. The molecule has 7 nitrogen and oxygen atoms in total. The lowest BCUT2D eigenvalue weighted by atomic mass is 10.1. The molecule has 0 atom stereocenters. The smallest absolute Gasteiger partial charge is 0.268 e. The summed E-state index contributed by atoms with van der Waals surface area (Å²) >= 11 is 0. The Balaban J connectivity index is 1.94. The number of rotatable bonds is 6. The minimum absolute atomic E-state index is 0.00397. The molecule has 0 radical (unpaired) electrons. The van der Waals surface area contributed by atoms with Crippen LogP contribution in [0.1, 0.15) is 21.6 Å². The van der Waals surface area contributed by atoms with Crippen molar-refractivity contribution in [1.82, 2.24) is 9.45 Å². The molecule has 0 bridgehead atoms. The molecule has 0 saturated heterocycles. The molecule has 1 heterocycles. The summed E-state index contributed by atoms with van der Waals surface area (Å²) in [6, 6.07) is 22.7. The lowest BCUT2D eigenvalue weighted by molar-refractivity contribution is -0.124. The molecule has 4 aromatic rings. The number of nitrogens with zero attached hydrogens (tertiary/aromatic N) is 1. The van der Waals surface area contributed by atoms with Crippen molar-refractivity contribution in [3.05, 3.63) is 108 Å². The molecule has 8 heteroatoms. The van der Waals surface area contributed by atoms with Gasteiger partial charge in [-0.15, -0.1) is 0 Å². The summed E-state index contributed by atoms with van der Waals surface area (Å²) in [6.45, 7) is 0. The quantitative estimate of drug-likeness (QED) is 0.204. The summed E-state index contributed by atoms with van der Waals surface area (Å²) in [6.07, 6.45) is 2.60. The standard InChI is InChI=1S/C24H18N2O5S/c27-23(25-29)14-12-17-11-13-21-19(15-17)16-22(24(28)18-7-3-1-4-8-18)26(21)32(30,31)20-9-5-2-6-10-20/h1-16,29H,(H,25,27)/b14-12+. The summed E-state index contributed by atoms with van der Waals surface area (Å²) < 4.78 is 28.1. The number of hydrogen-bond donors (Lipinski definition) is 2. The molecule has 1 aromatic heterocycles. The van der Waals surface area contributed by atoms with E-state index in [1.807, 2.05) is 0 Å². The topological polar surface area (TPSA) is 105 Å². The Hall–Kier alpha value is -4.01. The highest BCUT2D eigenvalue weighted by Gasteiger charge is 2.26. The number of benzene rings is 3. The Morgan fingerprint density at radius 1 is 0.875 bits per heavy atom. The Bertz CT molecular complexity index is 1440. The van der Waals surface area contributed by atoms with Crippen molar-refractivity contribution in [1.29, 1.82) is 0 Å². The highest BCUT2D eigenvalue weighted by molar-refractivity contribution is 7.90. The van der Waals surface area contributed by atoms with Crippen LogP contribution in [0.15, 0.2) is 95.9 Å². The van der Waals surface area contributed by atoms with Gasteiger partial charge in [0, 0.05) is 17.0 Å². The Morgan fingerprint density at radius 3 is 2.19 bits per heavy atom. The fraction of sp³-hybridized carbons (Fsp3) is 0. The van der Waals surface area contributed by atoms with Crippen molar-refractivity contribution in [2.45, 2.75) is 4.90 Å². The molecule has 32 heavy (non-hydrogen) atoms. The van der Waals surface area contributed by atoms with Gasteiger partial charge in [-0.2, -0.15) is 0 Å². The second-order valence-corrected chi connectivity index (χ2v) is 8.72. The lowest BCUT2D eigenvalue weighted by Gasteiger charge is -2.11. The van der Waals surface area contributed by atoms with Crippen LogP contribution in [0.5, 0.6) is 0 Å². The number of nitrogens with one attached hydrogen (secondary N) is 1. The van der Waals surface area contributed by atoms with Gasteiger partial charge in [-0.25, -0.2) is 17.9 Å². The fourth-order valence-electron chi connectivity index (χ4n) is 3.37. The Kier molecular flexibility index (Phi) is 5.72. The Labute approximate surface area is 184 Å². The normalized spacial score (nSPS) is 11.7. The van der Waals surface area contributed by atoms with Gasteiger partial charge in [-0.3, -0.25) is 14.8 Å². The fourth-order valence-corrected chi connectivity index (χ4v) is 4.91. The van der Waals surface area contributed by atoms with Gasteiger partial charge < -0.3 is 0 Å². The molecule has 0 spiro atoms. The molecule has 0 aliphatic heterocycles. The first-order valence-corrected chi connectivity index (χ1v) is 11.0. The summed E-state index contributed by atoms with van der Waals surface area (Å²) in [5, 5.41) is 9.14. The second kappa shape index (κ2) is 8.62. The first-order valence-electron chi connectivity index (χ1n) is 9.60. The van der Waals surface area contributed by atoms with E-state index in [-0.39, 0.29) is 10.6 Å². The third-order valence-corrected chi connectivity index (χ3v) is 6.61. The summed E-state index contributed by atoms with van der Waals surface area (Å²) in [5.41, 5.74) is 2.79.